The van der Waals surface area contributed by atoms with E-state index in [2.05, 4.69) is 15.3 Å². The summed E-state index contributed by atoms with van der Waals surface area (Å²) < 4.78 is 1.66. The molecule has 0 atom stereocenters. The molecule has 0 amide bonds. The van der Waals surface area contributed by atoms with Gasteiger partial charge in [-0.25, -0.2) is 0 Å². The predicted octanol–water partition coefficient (Wildman–Crippen LogP) is 3.86. The number of rotatable bonds is 3. The standard InChI is InChI=1S/C16H10ClN5O2S/c17-13-4-2-1-3-12(13)15-18-19-16-21(15)20-14(9-25-16)10-5-7-11(8-6-10)22(23)24/h1-8H,9H2. The third-order valence-electron chi connectivity index (χ3n) is 3.70. The summed E-state index contributed by atoms with van der Waals surface area (Å²) in [6.07, 6.45) is 0. The maximum Gasteiger partial charge on any atom is 0.269 e. The molecule has 9 heteroatoms. The zero-order valence-electron chi connectivity index (χ0n) is 12.7. The molecule has 1 aliphatic rings. The summed E-state index contributed by atoms with van der Waals surface area (Å²) in [7, 11) is 0. The number of nitro benzene ring substituents is 1. The lowest BCUT2D eigenvalue weighted by Crippen LogP contribution is -2.13. The molecule has 0 radical (unpaired) electrons. The molecule has 2 aromatic carbocycles. The van der Waals surface area contributed by atoms with Crippen molar-refractivity contribution in [2.75, 3.05) is 5.75 Å². The highest BCUT2D eigenvalue weighted by Gasteiger charge is 2.22. The molecule has 0 saturated carbocycles. The van der Waals surface area contributed by atoms with Gasteiger partial charge in [0.05, 0.1) is 15.7 Å². The first-order valence-electron chi connectivity index (χ1n) is 7.29. The molecule has 0 N–H and O–H groups in total. The Bertz CT molecular complexity index is 1000. The molecule has 7 nitrogen and oxygen atoms in total. The van der Waals surface area contributed by atoms with Crippen molar-refractivity contribution in [3.8, 4) is 11.4 Å². The van der Waals surface area contributed by atoms with Crippen molar-refractivity contribution in [2.45, 2.75) is 5.16 Å². The molecule has 1 aromatic heterocycles. The summed E-state index contributed by atoms with van der Waals surface area (Å²) in [6, 6.07) is 13.7. The van der Waals surface area contributed by atoms with Gasteiger partial charge in [-0.3, -0.25) is 10.1 Å². The van der Waals surface area contributed by atoms with E-state index in [0.717, 1.165) is 16.8 Å². The molecule has 0 bridgehead atoms. The van der Waals surface area contributed by atoms with Gasteiger partial charge >= 0.3 is 0 Å². The van der Waals surface area contributed by atoms with Crippen LogP contribution in [0.4, 0.5) is 5.69 Å². The first-order chi connectivity index (χ1) is 12.1. The second-order valence-electron chi connectivity index (χ2n) is 5.24. The van der Waals surface area contributed by atoms with Crippen LogP contribution in [-0.4, -0.2) is 31.3 Å². The Hall–Kier alpha value is -2.71. The number of benzene rings is 2. The molecule has 1 aliphatic heterocycles. The largest absolute Gasteiger partial charge is 0.269 e. The molecular formula is C16H10ClN5O2S. The number of thioether (sulfide) groups is 1. The maximum atomic E-state index is 10.8. The van der Waals surface area contributed by atoms with Crippen molar-refractivity contribution < 1.29 is 4.92 Å². The van der Waals surface area contributed by atoms with Gasteiger partial charge in [0.2, 0.25) is 5.16 Å². The molecule has 2 heterocycles. The Kier molecular flexibility index (Phi) is 3.98. The molecule has 0 aliphatic carbocycles. The van der Waals surface area contributed by atoms with Gasteiger partial charge in [0, 0.05) is 23.4 Å². The number of aromatic nitrogens is 3. The zero-order chi connectivity index (χ0) is 17.4. The van der Waals surface area contributed by atoms with Crippen LogP contribution < -0.4 is 0 Å². The van der Waals surface area contributed by atoms with Crippen LogP contribution in [0.1, 0.15) is 5.56 Å². The Morgan fingerprint density at radius 2 is 1.88 bits per heavy atom. The van der Waals surface area contributed by atoms with Crippen LogP contribution in [0.5, 0.6) is 0 Å². The molecule has 4 rings (SSSR count). The highest BCUT2D eigenvalue weighted by atomic mass is 35.5. The van der Waals surface area contributed by atoms with Crippen LogP contribution in [-0.2, 0) is 0 Å². The van der Waals surface area contributed by atoms with Crippen LogP contribution in [0.25, 0.3) is 11.4 Å². The second-order valence-corrected chi connectivity index (χ2v) is 6.59. The second kappa shape index (κ2) is 6.30. The van der Waals surface area contributed by atoms with Crippen molar-refractivity contribution in [3.63, 3.8) is 0 Å². The Morgan fingerprint density at radius 1 is 1.12 bits per heavy atom. The number of hydrogen-bond acceptors (Lipinski definition) is 6. The zero-order valence-corrected chi connectivity index (χ0v) is 14.2. The van der Waals surface area contributed by atoms with E-state index in [1.165, 1.54) is 23.9 Å². The summed E-state index contributed by atoms with van der Waals surface area (Å²) in [5.41, 5.74) is 2.41. The minimum Gasteiger partial charge on any atom is -0.258 e. The fourth-order valence-corrected chi connectivity index (χ4v) is 3.51. The van der Waals surface area contributed by atoms with E-state index in [1.54, 1.807) is 22.9 Å². The fraction of sp³-hybridized carbons (Fsp3) is 0.0625. The highest BCUT2D eigenvalue weighted by Crippen LogP contribution is 2.31. The van der Waals surface area contributed by atoms with Gasteiger partial charge in [-0.15, -0.1) is 10.2 Å². The molecule has 3 aromatic rings. The Labute approximate surface area is 151 Å². The van der Waals surface area contributed by atoms with E-state index in [4.69, 9.17) is 11.6 Å². The van der Waals surface area contributed by atoms with E-state index in [0.29, 0.717) is 21.8 Å². The van der Waals surface area contributed by atoms with Gasteiger partial charge in [-0.2, -0.15) is 9.78 Å². The van der Waals surface area contributed by atoms with Crippen molar-refractivity contribution in [2.24, 2.45) is 5.10 Å². The van der Waals surface area contributed by atoms with Gasteiger partial charge in [-0.1, -0.05) is 35.5 Å². The van der Waals surface area contributed by atoms with Crippen LogP contribution in [0.3, 0.4) is 0 Å². The summed E-state index contributed by atoms with van der Waals surface area (Å²) in [5, 5.41) is 25.0. The molecule has 0 saturated heterocycles. The summed E-state index contributed by atoms with van der Waals surface area (Å²) in [4.78, 5) is 10.4. The van der Waals surface area contributed by atoms with Gasteiger partial charge in [0.1, 0.15) is 0 Å². The van der Waals surface area contributed by atoms with Crippen molar-refractivity contribution >= 4 is 34.8 Å². The number of halogens is 1. The van der Waals surface area contributed by atoms with Crippen molar-refractivity contribution in [3.05, 3.63) is 69.2 Å². The number of non-ortho nitro benzene ring substituents is 1. The monoisotopic (exact) mass is 371 g/mol. The van der Waals surface area contributed by atoms with E-state index < -0.39 is 4.92 Å². The van der Waals surface area contributed by atoms with E-state index in [1.807, 2.05) is 18.2 Å². The van der Waals surface area contributed by atoms with Gasteiger partial charge < -0.3 is 0 Å². The highest BCUT2D eigenvalue weighted by molar-refractivity contribution is 7.99. The molecule has 25 heavy (non-hydrogen) atoms. The van der Waals surface area contributed by atoms with Gasteiger partial charge in [0.25, 0.3) is 5.69 Å². The third kappa shape index (κ3) is 2.90. The van der Waals surface area contributed by atoms with E-state index in [9.17, 15) is 10.1 Å². The third-order valence-corrected chi connectivity index (χ3v) is 4.96. The number of nitro groups is 1. The van der Waals surface area contributed by atoms with Crippen LogP contribution in [0.2, 0.25) is 5.02 Å². The first-order valence-corrected chi connectivity index (χ1v) is 8.65. The molecular weight excluding hydrogens is 362 g/mol. The van der Waals surface area contributed by atoms with Gasteiger partial charge in [-0.05, 0) is 29.8 Å². The minimum atomic E-state index is -0.422. The normalized spacial score (nSPS) is 13.2. The first kappa shape index (κ1) is 15.8. The summed E-state index contributed by atoms with van der Waals surface area (Å²) in [5.74, 6) is 1.17. The Balaban J connectivity index is 1.76. The SMILES string of the molecule is O=[N+]([O-])c1ccc(C2=Nn3c(nnc3-c3ccccc3Cl)SC2)cc1. The fourth-order valence-electron chi connectivity index (χ4n) is 2.46. The predicted molar refractivity (Wildman–Crippen MR) is 96.2 cm³/mol. The molecule has 0 spiro atoms. The quantitative estimate of drug-likeness (QED) is 0.515. The topological polar surface area (TPSA) is 86.2 Å². The number of hydrogen-bond donors (Lipinski definition) is 0. The van der Waals surface area contributed by atoms with Crippen LogP contribution >= 0.6 is 23.4 Å². The van der Waals surface area contributed by atoms with Crippen LogP contribution in [0, 0.1) is 10.1 Å². The minimum absolute atomic E-state index is 0.0505. The lowest BCUT2D eigenvalue weighted by molar-refractivity contribution is -0.384. The maximum absolute atomic E-state index is 10.8. The smallest absolute Gasteiger partial charge is 0.258 e. The van der Waals surface area contributed by atoms with E-state index >= 15 is 0 Å². The molecule has 0 fully saturated rings. The molecule has 0 unspecified atom stereocenters. The number of fused-ring (bicyclic) bond motifs is 1. The number of nitrogens with zero attached hydrogens (tertiary/aromatic N) is 5. The van der Waals surface area contributed by atoms with Crippen LogP contribution in [0.15, 0.2) is 58.8 Å². The Morgan fingerprint density at radius 3 is 2.60 bits per heavy atom. The average Bonchev–Trinajstić information content (AvgIpc) is 3.05. The lowest BCUT2D eigenvalue weighted by atomic mass is 10.1. The lowest BCUT2D eigenvalue weighted by Gasteiger charge is -2.14. The summed E-state index contributed by atoms with van der Waals surface area (Å²) >= 11 is 7.76. The van der Waals surface area contributed by atoms with Crippen molar-refractivity contribution in [1.29, 1.82) is 0 Å². The van der Waals surface area contributed by atoms with Crippen molar-refractivity contribution in [1.82, 2.24) is 14.9 Å². The average molecular weight is 372 g/mol. The molecule has 124 valence electrons. The van der Waals surface area contributed by atoms with Gasteiger partial charge in [0.15, 0.2) is 5.82 Å². The van der Waals surface area contributed by atoms with E-state index in [-0.39, 0.29) is 5.69 Å². The summed E-state index contributed by atoms with van der Waals surface area (Å²) in [6.45, 7) is 0.